The summed E-state index contributed by atoms with van der Waals surface area (Å²) >= 11 is 1.93. The number of hydrogen-bond donors (Lipinski definition) is 0. The summed E-state index contributed by atoms with van der Waals surface area (Å²) in [4.78, 5) is 2.45. The van der Waals surface area contributed by atoms with Crippen LogP contribution in [-0.4, -0.2) is 0 Å². The second kappa shape index (κ2) is 11.6. The minimum atomic E-state index is -0.0878. The van der Waals surface area contributed by atoms with Gasteiger partial charge in [0.05, 0.1) is 5.69 Å². The number of anilines is 3. The van der Waals surface area contributed by atoms with Crippen LogP contribution >= 0.6 is 11.3 Å². The zero-order valence-electron chi connectivity index (χ0n) is 28.6. The minimum Gasteiger partial charge on any atom is -0.310 e. The summed E-state index contributed by atoms with van der Waals surface area (Å²) in [6.45, 7) is 4.76. The first-order valence-corrected chi connectivity index (χ1v) is 18.5. The van der Waals surface area contributed by atoms with Gasteiger partial charge in [-0.3, -0.25) is 0 Å². The molecule has 1 aliphatic carbocycles. The van der Waals surface area contributed by atoms with E-state index in [4.69, 9.17) is 0 Å². The van der Waals surface area contributed by atoms with Crippen molar-refractivity contribution in [1.29, 1.82) is 0 Å². The molecule has 0 amide bonds. The molecule has 1 heterocycles. The molecule has 0 saturated heterocycles. The van der Waals surface area contributed by atoms with E-state index in [1.165, 1.54) is 81.1 Å². The Morgan fingerprint density at radius 2 is 1.04 bits per heavy atom. The molecular formula is C49H35NS. The van der Waals surface area contributed by atoms with Gasteiger partial charge in [0.2, 0.25) is 0 Å². The molecule has 0 N–H and O–H groups in total. The molecular weight excluding hydrogens is 635 g/mol. The van der Waals surface area contributed by atoms with E-state index in [1.54, 1.807) is 0 Å². The third-order valence-corrected chi connectivity index (χ3v) is 12.1. The molecule has 242 valence electrons. The van der Waals surface area contributed by atoms with Gasteiger partial charge in [-0.05, 0) is 80.7 Å². The van der Waals surface area contributed by atoms with E-state index in [2.05, 4.69) is 195 Å². The molecule has 0 saturated carbocycles. The number of fused-ring (bicyclic) bond motifs is 8. The van der Waals surface area contributed by atoms with E-state index < -0.39 is 0 Å². The predicted molar refractivity (Wildman–Crippen MR) is 220 cm³/mol. The van der Waals surface area contributed by atoms with Gasteiger partial charge in [-0.1, -0.05) is 153 Å². The van der Waals surface area contributed by atoms with Crippen LogP contribution in [0.15, 0.2) is 176 Å². The molecule has 0 unspecified atom stereocenters. The van der Waals surface area contributed by atoms with Crippen LogP contribution in [0.4, 0.5) is 17.1 Å². The lowest BCUT2D eigenvalue weighted by atomic mass is 9.82. The lowest BCUT2D eigenvalue weighted by Gasteiger charge is -2.28. The topological polar surface area (TPSA) is 3.24 Å². The molecule has 0 aliphatic heterocycles. The van der Waals surface area contributed by atoms with Gasteiger partial charge in [-0.15, -0.1) is 11.3 Å². The van der Waals surface area contributed by atoms with E-state index >= 15 is 0 Å². The summed E-state index contributed by atoms with van der Waals surface area (Å²) in [5.74, 6) is 0. The number of benzene rings is 8. The zero-order chi connectivity index (χ0) is 34.1. The van der Waals surface area contributed by atoms with Crippen molar-refractivity contribution >= 4 is 59.3 Å². The monoisotopic (exact) mass is 669 g/mol. The quantitative estimate of drug-likeness (QED) is 0.176. The first-order valence-electron chi connectivity index (χ1n) is 17.7. The Labute approximate surface area is 302 Å². The standard InChI is InChI=1S/C49H35NS/c1-49(2)43-29-27-38(31-42(43)47-44(49)30-28-41-40-16-8-9-18-46(40)51-48(41)47)50(45-17-10-14-36-13-6-7-15-39(36)45)37-25-23-35(24-26-37)34-21-19-33(20-22-34)32-11-4-3-5-12-32/h3-31H,1-2H3. The van der Waals surface area contributed by atoms with E-state index in [9.17, 15) is 0 Å². The number of nitrogens with zero attached hydrogens (tertiary/aromatic N) is 1. The summed E-state index contributed by atoms with van der Waals surface area (Å²) in [5, 5.41) is 5.15. The van der Waals surface area contributed by atoms with Crippen LogP contribution in [0.1, 0.15) is 25.0 Å². The van der Waals surface area contributed by atoms with Crippen molar-refractivity contribution in [3.8, 4) is 33.4 Å². The van der Waals surface area contributed by atoms with Crippen LogP contribution < -0.4 is 4.90 Å². The van der Waals surface area contributed by atoms with Gasteiger partial charge in [0.1, 0.15) is 0 Å². The van der Waals surface area contributed by atoms with Crippen LogP contribution in [0.25, 0.3) is 64.3 Å². The van der Waals surface area contributed by atoms with Crippen molar-refractivity contribution in [3.05, 3.63) is 187 Å². The van der Waals surface area contributed by atoms with Crippen molar-refractivity contribution in [2.75, 3.05) is 4.90 Å². The van der Waals surface area contributed by atoms with Crippen molar-refractivity contribution in [3.63, 3.8) is 0 Å². The molecule has 0 radical (unpaired) electrons. The fourth-order valence-electron chi connectivity index (χ4n) is 8.26. The molecule has 1 aliphatic rings. The number of thiophene rings is 1. The van der Waals surface area contributed by atoms with Gasteiger partial charge < -0.3 is 4.90 Å². The van der Waals surface area contributed by atoms with Crippen LogP contribution in [-0.2, 0) is 5.41 Å². The number of hydrogen-bond acceptors (Lipinski definition) is 2. The summed E-state index contributed by atoms with van der Waals surface area (Å²) in [7, 11) is 0. The Morgan fingerprint density at radius 1 is 0.451 bits per heavy atom. The molecule has 10 rings (SSSR count). The van der Waals surface area contributed by atoms with E-state index in [1.807, 2.05) is 11.3 Å². The van der Waals surface area contributed by atoms with Crippen LogP contribution in [0, 0.1) is 0 Å². The highest BCUT2D eigenvalue weighted by Crippen LogP contribution is 2.55. The Balaban J connectivity index is 1.13. The lowest BCUT2D eigenvalue weighted by Crippen LogP contribution is -2.15. The van der Waals surface area contributed by atoms with E-state index in [0.29, 0.717) is 0 Å². The maximum absolute atomic E-state index is 2.45. The Bertz CT molecular complexity index is 2750. The highest BCUT2D eigenvalue weighted by molar-refractivity contribution is 7.26. The molecule has 0 atom stereocenters. The Morgan fingerprint density at radius 3 is 1.80 bits per heavy atom. The maximum Gasteiger partial charge on any atom is 0.0540 e. The van der Waals surface area contributed by atoms with Gasteiger partial charge in [0, 0.05) is 47.9 Å². The molecule has 0 bridgehead atoms. The smallest absolute Gasteiger partial charge is 0.0540 e. The van der Waals surface area contributed by atoms with E-state index in [0.717, 1.165) is 11.4 Å². The highest BCUT2D eigenvalue weighted by atomic mass is 32.1. The average Bonchev–Trinajstić information content (AvgIpc) is 3.67. The summed E-state index contributed by atoms with van der Waals surface area (Å²) < 4.78 is 2.73. The third-order valence-electron chi connectivity index (χ3n) is 10.9. The zero-order valence-corrected chi connectivity index (χ0v) is 29.4. The SMILES string of the molecule is CC1(C)c2ccc(N(c3ccc(-c4ccc(-c5ccccc5)cc4)cc3)c3cccc4ccccc34)cc2-c2c1ccc1c2sc2ccccc21. The highest BCUT2D eigenvalue weighted by Gasteiger charge is 2.37. The maximum atomic E-state index is 2.45. The van der Waals surface area contributed by atoms with Gasteiger partial charge in [0.15, 0.2) is 0 Å². The van der Waals surface area contributed by atoms with Gasteiger partial charge in [0.25, 0.3) is 0 Å². The fraction of sp³-hybridized carbons (Fsp3) is 0.0612. The van der Waals surface area contributed by atoms with Crippen molar-refractivity contribution in [2.45, 2.75) is 19.3 Å². The van der Waals surface area contributed by atoms with Crippen molar-refractivity contribution in [2.24, 2.45) is 0 Å². The molecule has 9 aromatic rings. The first kappa shape index (κ1) is 29.9. The van der Waals surface area contributed by atoms with Gasteiger partial charge in [-0.25, -0.2) is 0 Å². The third kappa shape index (κ3) is 4.75. The Kier molecular flexibility index (Phi) is 6.78. The van der Waals surface area contributed by atoms with Gasteiger partial charge >= 0.3 is 0 Å². The fourth-order valence-corrected chi connectivity index (χ4v) is 9.53. The van der Waals surface area contributed by atoms with Gasteiger partial charge in [-0.2, -0.15) is 0 Å². The average molecular weight is 670 g/mol. The molecule has 0 spiro atoms. The predicted octanol–water partition coefficient (Wildman–Crippen LogP) is 14.3. The molecule has 1 aromatic heterocycles. The van der Waals surface area contributed by atoms with Crippen LogP contribution in [0.5, 0.6) is 0 Å². The molecule has 51 heavy (non-hydrogen) atoms. The van der Waals surface area contributed by atoms with Crippen LogP contribution in [0.2, 0.25) is 0 Å². The summed E-state index contributed by atoms with van der Waals surface area (Å²) in [5.41, 5.74) is 13.8. The lowest BCUT2D eigenvalue weighted by molar-refractivity contribution is 0.661. The molecule has 8 aromatic carbocycles. The summed E-state index contributed by atoms with van der Waals surface area (Å²) in [6, 6.07) is 64.6. The minimum absolute atomic E-state index is 0.0878. The number of rotatable bonds is 5. The molecule has 2 heteroatoms. The molecule has 0 fully saturated rings. The second-order valence-electron chi connectivity index (χ2n) is 14.1. The first-order chi connectivity index (χ1) is 25.0. The Hall–Kier alpha value is -5.96. The molecule has 1 nitrogen and oxygen atoms in total. The second-order valence-corrected chi connectivity index (χ2v) is 15.2. The van der Waals surface area contributed by atoms with E-state index in [-0.39, 0.29) is 5.41 Å². The largest absolute Gasteiger partial charge is 0.310 e. The normalized spacial score (nSPS) is 13.1. The van der Waals surface area contributed by atoms with Crippen molar-refractivity contribution in [1.82, 2.24) is 0 Å². The van der Waals surface area contributed by atoms with Crippen LogP contribution in [0.3, 0.4) is 0 Å². The van der Waals surface area contributed by atoms with Crippen molar-refractivity contribution < 1.29 is 0 Å². The summed E-state index contributed by atoms with van der Waals surface area (Å²) in [6.07, 6.45) is 0.